The van der Waals surface area contributed by atoms with Gasteiger partial charge in [-0.3, -0.25) is 14.4 Å². The maximum atomic E-state index is 12.9. The number of carbonyl (C=O) groups is 3. The average molecular weight is 960 g/mol. The highest BCUT2D eigenvalue weighted by Gasteiger charge is 2.19. The molecule has 0 aromatic heterocycles. The molecule has 394 valence electrons. The van der Waals surface area contributed by atoms with Gasteiger partial charge in [0.15, 0.2) is 6.10 Å². The molecule has 0 bridgehead atoms. The fourth-order valence-electron chi connectivity index (χ4n) is 7.78. The van der Waals surface area contributed by atoms with Crippen molar-refractivity contribution < 1.29 is 28.6 Å². The molecule has 0 amide bonds. The van der Waals surface area contributed by atoms with Gasteiger partial charge >= 0.3 is 17.9 Å². The van der Waals surface area contributed by atoms with E-state index in [0.29, 0.717) is 12.8 Å². The van der Waals surface area contributed by atoms with Crippen LogP contribution in [0.1, 0.15) is 265 Å². The Bertz CT molecular complexity index is 1380. The van der Waals surface area contributed by atoms with Crippen molar-refractivity contribution in [2.24, 2.45) is 0 Å². The lowest BCUT2D eigenvalue weighted by Crippen LogP contribution is -2.30. The lowest BCUT2D eigenvalue weighted by molar-refractivity contribution is -0.166. The summed E-state index contributed by atoms with van der Waals surface area (Å²) in [5.74, 6) is -1.05. The number of ether oxygens (including phenoxy) is 3. The molecular weight excluding hydrogens is 853 g/mol. The zero-order chi connectivity index (χ0) is 50.0. The summed E-state index contributed by atoms with van der Waals surface area (Å²) in [4.78, 5) is 38.1. The Morgan fingerprint density at radius 3 is 1.06 bits per heavy atom. The minimum absolute atomic E-state index is 0.111. The van der Waals surface area contributed by atoms with Gasteiger partial charge < -0.3 is 14.2 Å². The van der Waals surface area contributed by atoms with E-state index < -0.39 is 12.1 Å². The van der Waals surface area contributed by atoms with Crippen molar-refractivity contribution in [2.45, 2.75) is 271 Å². The molecule has 0 spiro atoms. The molecule has 0 heterocycles. The fraction of sp³-hybridized carbons (Fsp3) is 0.698. The summed E-state index contributed by atoms with van der Waals surface area (Å²) in [6, 6.07) is 0. The second-order valence-electron chi connectivity index (χ2n) is 18.8. The van der Waals surface area contributed by atoms with Crippen LogP contribution in [0, 0.1) is 0 Å². The number of unbranched alkanes of at least 4 members (excludes halogenated alkanes) is 25. The summed E-state index contributed by atoms with van der Waals surface area (Å²) in [5.41, 5.74) is 0. The van der Waals surface area contributed by atoms with Crippen LogP contribution in [0.25, 0.3) is 0 Å². The number of hydrogen-bond donors (Lipinski definition) is 0. The highest BCUT2D eigenvalue weighted by molar-refractivity contribution is 5.72. The van der Waals surface area contributed by atoms with Gasteiger partial charge in [-0.25, -0.2) is 0 Å². The molecule has 0 rings (SSSR count). The molecule has 0 aromatic carbocycles. The SMILES string of the molecule is CC/C=C\C/C=C\C/C=C\C/C=C\C/C=C\CC(=O)OCC(COC(=O)CCCCCCCCCCC/C=C\C/C=C\CCCCC)OC(=O)CCCCCCCCC/C=C\CCCCCCCC. The average Bonchev–Trinajstić information content (AvgIpc) is 3.35. The van der Waals surface area contributed by atoms with Crippen LogP contribution in [0.3, 0.4) is 0 Å². The number of esters is 3. The second kappa shape index (κ2) is 56.9. The van der Waals surface area contributed by atoms with E-state index in [0.717, 1.165) is 77.0 Å². The highest BCUT2D eigenvalue weighted by Crippen LogP contribution is 2.15. The largest absolute Gasteiger partial charge is 0.462 e. The number of rotatable bonds is 51. The Morgan fingerprint density at radius 2 is 0.623 bits per heavy atom. The highest BCUT2D eigenvalue weighted by atomic mass is 16.6. The van der Waals surface area contributed by atoms with Gasteiger partial charge in [0.05, 0.1) is 6.42 Å². The predicted molar refractivity (Wildman–Crippen MR) is 297 cm³/mol. The predicted octanol–water partition coefficient (Wildman–Crippen LogP) is 19.3. The standard InChI is InChI=1S/C63H106O6/c1-4-7-10-13-16-19-22-25-28-30-31-33-35-38-41-44-47-50-53-56-62(65)68-59-60(58-67-61(64)55-52-49-46-43-40-37-34-27-24-21-18-15-12-9-6-3)69-63(66)57-54-51-48-45-42-39-36-32-29-26-23-20-17-14-11-8-5-2/h9,12,16,18-19,21,25-29,34,40,43,49,52,60H,4-8,10-11,13-15,17,20,22-24,30-33,35-39,41-42,44-48,50-51,53-59H2,1-3H3/b12-9-,19-16-,21-18-,28-25-,29-26-,34-27-,43-40-,52-49-. The van der Waals surface area contributed by atoms with Crippen LogP contribution in [0.5, 0.6) is 0 Å². The van der Waals surface area contributed by atoms with Gasteiger partial charge in [-0.05, 0) is 103 Å². The van der Waals surface area contributed by atoms with Crippen LogP contribution in [-0.2, 0) is 28.6 Å². The molecule has 0 saturated carbocycles. The Kier molecular flexibility index (Phi) is 53.9. The lowest BCUT2D eigenvalue weighted by Gasteiger charge is -2.18. The number of carbonyl (C=O) groups excluding carboxylic acids is 3. The molecule has 0 aliphatic rings. The van der Waals surface area contributed by atoms with Crippen LogP contribution < -0.4 is 0 Å². The molecule has 69 heavy (non-hydrogen) atoms. The quantitative estimate of drug-likeness (QED) is 0.0262. The molecule has 6 heteroatoms. The Balaban J connectivity index is 4.48. The molecular formula is C63H106O6. The van der Waals surface area contributed by atoms with Crippen LogP contribution in [0.2, 0.25) is 0 Å². The topological polar surface area (TPSA) is 78.9 Å². The molecule has 0 fully saturated rings. The van der Waals surface area contributed by atoms with Crippen molar-refractivity contribution in [2.75, 3.05) is 13.2 Å². The monoisotopic (exact) mass is 959 g/mol. The third-order valence-corrected chi connectivity index (χ3v) is 12.1. The Morgan fingerprint density at radius 1 is 0.319 bits per heavy atom. The molecule has 6 nitrogen and oxygen atoms in total. The maximum Gasteiger partial charge on any atom is 0.309 e. The fourth-order valence-corrected chi connectivity index (χ4v) is 7.78. The molecule has 0 aliphatic heterocycles. The number of hydrogen-bond acceptors (Lipinski definition) is 6. The van der Waals surface area contributed by atoms with Crippen LogP contribution in [-0.4, -0.2) is 37.2 Å². The van der Waals surface area contributed by atoms with Gasteiger partial charge in [0.1, 0.15) is 13.2 Å². The van der Waals surface area contributed by atoms with Crippen LogP contribution >= 0.6 is 0 Å². The van der Waals surface area contributed by atoms with E-state index in [9.17, 15) is 14.4 Å². The van der Waals surface area contributed by atoms with Gasteiger partial charge in [-0.15, -0.1) is 0 Å². The molecule has 1 atom stereocenters. The van der Waals surface area contributed by atoms with E-state index in [2.05, 4.69) is 106 Å². The zero-order valence-corrected chi connectivity index (χ0v) is 45.0. The summed E-state index contributed by atoms with van der Waals surface area (Å²) in [7, 11) is 0. The lowest BCUT2D eigenvalue weighted by atomic mass is 10.1. The molecule has 0 aliphatic carbocycles. The first-order chi connectivity index (χ1) is 34.0. The third kappa shape index (κ3) is 55.1. The normalized spacial score (nSPS) is 12.8. The van der Waals surface area contributed by atoms with Gasteiger partial charge in [0, 0.05) is 12.8 Å². The third-order valence-electron chi connectivity index (χ3n) is 12.1. The smallest absolute Gasteiger partial charge is 0.309 e. The van der Waals surface area contributed by atoms with Gasteiger partial charge in [0.25, 0.3) is 0 Å². The van der Waals surface area contributed by atoms with Crippen molar-refractivity contribution in [3.05, 3.63) is 97.2 Å². The number of allylic oxidation sites excluding steroid dienone is 15. The van der Waals surface area contributed by atoms with Crippen molar-refractivity contribution in [3.63, 3.8) is 0 Å². The Hall–Kier alpha value is -3.67. The minimum atomic E-state index is -0.822. The van der Waals surface area contributed by atoms with E-state index in [-0.39, 0.29) is 31.6 Å². The van der Waals surface area contributed by atoms with Crippen molar-refractivity contribution in [3.8, 4) is 0 Å². The van der Waals surface area contributed by atoms with E-state index in [4.69, 9.17) is 14.2 Å². The molecule has 1 unspecified atom stereocenters. The van der Waals surface area contributed by atoms with Crippen LogP contribution in [0.4, 0.5) is 0 Å². The molecule has 0 saturated heterocycles. The van der Waals surface area contributed by atoms with Crippen molar-refractivity contribution >= 4 is 17.9 Å². The first kappa shape index (κ1) is 65.3. The first-order valence-corrected chi connectivity index (χ1v) is 28.7. The van der Waals surface area contributed by atoms with Crippen molar-refractivity contribution in [1.29, 1.82) is 0 Å². The zero-order valence-electron chi connectivity index (χ0n) is 45.0. The maximum absolute atomic E-state index is 12.9. The molecule has 0 N–H and O–H groups in total. The first-order valence-electron chi connectivity index (χ1n) is 28.7. The van der Waals surface area contributed by atoms with Crippen molar-refractivity contribution in [1.82, 2.24) is 0 Å². The summed E-state index contributed by atoms with van der Waals surface area (Å²) in [6.45, 7) is 6.41. The summed E-state index contributed by atoms with van der Waals surface area (Å²) in [6.07, 6.45) is 75.6. The minimum Gasteiger partial charge on any atom is -0.462 e. The summed E-state index contributed by atoms with van der Waals surface area (Å²) < 4.78 is 16.8. The molecule has 0 radical (unpaired) electrons. The van der Waals surface area contributed by atoms with E-state index in [1.165, 1.54) is 148 Å². The Labute approximate surface area is 426 Å². The second-order valence-corrected chi connectivity index (χ2v) is 18.8. The van der Waals surface area contributed by atoms with E-state index in [1.807, 2.05) is 6.08 Å². The van der Waals surface area contributed by atoms with Crippen LogP contribution in [0.15, 0.2) is 97.2 Å². The van der Waals surface area contributed by atoms with E-state index in [1.54, 1.807) is 6.08 Å². The molecule has 0 aromatic rings. The van der Waals surface area contributed by atoms with E-state index >= 15 is 0 Å². The summed E-state index contributed by atoms with van der Waals surface area (Å²) >= 11 is 0. The van der Waals surface area contributed by atoms with Gasteiger partial charge in [-0.2, -0.15) is 0 Å². The van der Waals surface area contributed by atoms with Gasteiger partial charge in [0.2, 0.25) is 0 Å². The van der Waals surface area contributed by atoms with Gasteiger partial charge in [-0.1, -0.05) is 240 Å². The summed E-state index contributed by atoms with van der Waals surface area (Å²) in [5, 5.41) is 0.